The van der Waals surface area contributed by atoms with Crippen molar-refractivity contribution in [1.82, 2.24) is 9.88 Å². The summed E-state index contributed by atoms with van der Waals surface area (Å²) in [6.07, 6.45) is 2.71. The molecule has 0 bridgehead atoms. The highest BCUT2D eigenvalue weighted by molar-refractivity contribution is 6.33. The van der Waals surface area contributed by atoms with Gasteiger partial charge in [-0.3, -0.25) is 9.78 Å². The second kappa shape index (κ2) is 6.02. The van der Waals surface area contributed by atoms with Crippen LogP contribution in [0.4, 0.5) is 4.39 Å². The van der Waals surface area contributed by atoms with Crippen LogP contribution in [0.5, 0.6) is 0 Å². The highest BCUT2D eigenvalue weighted by Gasteiger charge is 2.36. The number of aliphatic hydroxyl groups excluding tert-OH is 1. The van der Waals surface area contributed by atoms with E-state index >= 15 is 0 Å². The molecule has 1 saturated heterocycles. The fourth-order valence-electron chi connectivity index (χ4n) is 2.74. The van der Waals surface area contributed by atoms with Gasteiger partial charge >= 0.3 is 0 Å². The molecule has 2 aromatic rings. The van der Waals surface area contributed by atoms with Crippen molar-refractivity contribution in [3.05, 3.63) is 64.7 Å². The summed E-state index contributed by atoms with van der Waals surface area (Å²) in [5.41, 5.74) is 1.13. The van der Waals surface area contributed by atoms with E-state index in [2.05, 4.69) is 4.98 Å². The van der Waals surface area contributed by atoms with Gasteiger partial charge in [0.2, 0.25) is 0 Å². The van der Waals surface area contributed by atoms with Crippen LogP contribution in [0, 0.1) is 5.82 Å². The number of hydrogen-bond donors (Lipinski definition) is 1. The number of halogens is 2. The van der Waals surface area contributed by atoms with Crippen LogP contribution in [0.25, 0.3) is 0 Å². The molecule has 2 heterocycles. The summed E-state index contributed by atoms with van der Waals surface area (Å²) < 4.78 is 13.1. The molecule has 3 rings (SSSR count). The third-order valence-corrected chi connectivity index (χ3v) is 4.10. The number of nitrogens with zero attached hydrogens (tertiary/aromatic N) is 2. The van der Waals surface area contributed by atoms with Crippen LogP contribution in [-0.2, 0) is 0 Å². The fourth-order valence-corrected chi connectivity index (χ4v) is 2.94. The minimum absolute atomic E-state index is 0.222. The first kappa shape index (κ1) is 14.9. The highest BCUT2D eigenvalue weighted by atomic mass is 35.5. The Kier molecular flexibility index (Phi) is 4.09. The molecule has 1 aliphatic rings. The number of benzene rings is 1. The number of carbonyl (C=O) groups excluding carboxylic acids is 1. The number of pyridine rings is 1. The first-order chi connectivity index (χ1) is 10.6. The number of likely N-dealkylation sites (tertiary alicyclic amines) is 1. The van der Waals surface area contributed by atoms with E-state index in [1.54, 1.807) is 23.1 Å². The second-order valence-electron chi connectivity index (χ2n) is 5.27. The zero-order chi connectivity index (χ0) is 15.7. The Labute approximate surface area is 132 Å². The van der Waals surface area contributed by atoms with Crippen LogP contribution in [0.3, 0.4) is 0 Å². The molecule has 114 valence electrons. The SMILES string of the molecule is O=C(c1ccncc1Cl)N1C[C@@H](O)C[C@H]1c1ccc(F)cc1. The summed E-state index contributed by atoms with van der Waals surface area (Å²) in [7, 11) is 0. The largest absolute Gasteiger partial charge is 0.391 e. The quantitative estimate of drug-likeness (QED) is 0.925. The standard InChI is InChI=1S/C16H14ClFN2O2/c17-14-8-19-6-5-13(14)16(22)20-9-12(21)7-15(20)10-1-3-11(18)4-2-10/h1-6,8,12,15,21H,7,9H2/t12-,15-/m0/s1. The maximum absolute atomic E-state index is 13.1. The molecule has 1 amide bonds. The Balaban J connectivity index is 1.92. The molecule has 1 aromatic carbocycles. The smallest absolute Gasteiger partial charge is 0.256 e. The van der Waals surface area contributed by atoms with Gasteiger partial charge in [0, 0.05) is 18.9 Å². The van der Waals surface area contributed by atoms with Crippen molar-refractivity contribution in [2.75, 3.05) is 6.54 Å². The number of β-amino-alcohol motifs (C(OH)–C–C–N with tert-alkyl or cyclic N) is 1. The van der Waals surface area contributed by atoms with E-state index in [9.17, 15) is 14.3 Å². The maximum Gasteiger partial charge on any atom is 0.256 e. The monoisotopic (exact) mass is 320 g/mol. The number of aromatic nitrogens is 1. The van der Waals surface area contributed by atoms with Gasteiger partial charge in [0.1, 0.15) is 5.82 Å². The molecule has 1 fully saturated rings. The molecule has 1 aliphatic heterocycles. The average Bonchev–Trinajstić information content (AvgIpc) is 2.90. The van der Waals surface area contributed by atoms with Crippen molar-refractivity contribution in [1.29, 1.82) is 0 Å². The van der Waals surface area contributed by atoms with Crippen molar-refractivity contribution in [3.63, 3.8) is 0 Å². The van der Waals surface area contributed by atoms with Gasteiger partial charge in [-0.2, -0.15) is 0 Å². The van der Waals surface area contributed by atoms with E-state index < -0.39 is 6.10 Å². The molecule has 0 spiro atoms. The molecule has 1 aromatic heterocycles. The molecule has 1 N–H and O–H groups in total. The summed E-state index contributed by atoms with van der Waals surface area (Å²) in [5, 5.41) is 10.2. The van der Waals surface area contributed by atoms with Crippen LogP contribution in [0.1, 0.15) is 28.4 Å². The normalized spacial score (nSPS) is 21.1. The molecule has 2 atom stereocenters. The van der Waals surface area contributed by atoms with Crippen molar-refractivity contribution >= 4 is 17.5 Å². The Bertz CT molecular complexity index is 693. The molecule has 0 saturated carbocycles. The summed E-state index contributed by atoms with van der Waals surface area (Å²) in [6, 6.07) is 7.22. The highest BCUT2D eigenvalue weighted by Crippen LogP contribution is 2.34. The third kappa shape index (κ3) is 2.82. The van der Waals surface area contributed by atoms with E-state index in [0.29, 0.717) is 12.0 Å². The summed E-state index contributed by atoms with van der Waals surface area (Å²) in [5.74, 6) is -0.601. The van der Waals surface area contributed by atoms with E-state index in [1.165, 1.54) is 24.5 Å². The van der Waals surface area contributed by atoms with Crippen LogP contribution < -0.4 is 0 Å². The first-order valence-corrected chi connectivity index (χ1v) is 7.28. The Morgan fingerprint density at radius 2 is 2.05 bits per heavy atom. The molecule has 0 unspecified atom stereocenters. The van der Waals surface area contributed by atoms with Gasteiger partial charge in [0.15, 0.2) is 0 Å². The zero-order valence-electron chi connectivity index (χ0n) is 11.6. The number of carbonyl (C=O) groups is 1. The van der Waals surface area contributed by atoms with E-state index in [4.69, 9.17) is 11.6 Å². The fraction of sp³-hybridized carbons (Fsp3) is 0.250. The minimum atomic E-state index is -0.611. The first-order valence-electron chi connectivity index (χ1n) is 6.90. The molecule has 6 heteroatoms. The maximum atomic E-state index is 13.1. The third-order valence-electron chi connectivity index (χ3n) is 3.80. The number of aliphatic hydroxyl groups is 1. The molecular weight excluding hydrogens is 307 g/mol. The van der Waals surface area contributed by atoms with Gasteiger partial charge in [-0.1, -0.05) is 23.7 Å². The Morgan fingerprint density at radius 3 is 2.73 bits per heavy atom. The van der Waals surface area contributed by atoms with Gasteiger partial charge in [-0.25, -0.2) is 4.39 Å². The number of hydrogen-bond acceptors (Lipinski definition) is 3. The lowest BCUT2D eigenvalue weighted by Crippen LogP contribution is -2.32. The molecule has 22 heavy (non-hydrogen) atoms. The van der Waals surface area contributed by atoms with E-state index in [0.717, 1.165) is 5.56 Å². The molecular formula is C16H14ClFN2O2. The Morgan fingerprint density at radius 1 is 1.32 bits per heavy atom. The van der Waals surface area contributed by atoms with Gasteiger partial charge in [-0.05, 0) is 30.2 Å². The average molecular weight is 321 g/mol. The van der Waals surface area contributed by atoms with Crippen molar-refractivity contribution in [3.8, 4) is 0 Å². The lowest BCUT2D eigenvalue weighted by molar-refractivity contribution is 0.0716. The summed E-state index contributed by atoms with van der Waals surface area (Å²) >= 11 is 6.03. The Hall–Kier alpha value is -1.98. The van der Waals surface area contributed by atoms with Crippen LogP contribution >= 0.6 is 11.6 Å². The lowest BCUT2D eigenvalue weighted by Gasteiger charge is -2.25. The van der Waals surface area contributed by atoms with Crippen LogP contribution in [0.15, 0.2) is 42.7 Å². The van der Waals surface area contributed by atoms with E-state index in [1.807, 2.05) is 0 Å². The van der Waals surface area contributed by atoms with Crippen molar-refractivity contribution < 1.29 is 14.3 Å². The van der Waals surface area contributed by atoms with Crippen molar-refractivity contribution in [2.45, 2.75) is 18.6 Å². The predicted octanol–water partition coefficient (Wildman–Crippen LogP) is 2.82. The van der Waals surface area contributed by atoms with Gasteiger partial charge in [0.25, 0.3) is 5.91 Å². The van der Waals surface area contributed by atoms with Crippen molar-refractivity contribution in [2.24, 2.45) is 0 Å². The minimum Gasteiger partial charge on any atom is -0.391 e. The predicted molar refractivity (Wildman–Crippen MR) is 80.0 cm³/mol. The number of rotatable bonds is 2. The summed E-state index contributed by atoms with van der Waals surface area (Å²) in [6.45, 7) is 0.222. The van der Waals surface area contributed by atoms with Crippen LogP contribution in [-0.4, -0.2) is 33.5 Å². The lowest BCUT2D eigenvalue weighted by atomic mass is 10.0. The molecule has 4 nitrogen and oxygen atoms in total. The molecule has 0 aliphatic carbocycles. The van der Waals surface area contributed by atoms with Gasteiger partial charge in [0.05, 0.1) is 22.7 Å². The zero-order valence-corrected chi connectivity index (χ0v) is 12.4. The number of amides is 1. The van der Waals surface area contributed by atoms with Crippen LogP contribution in [0.2, 0.25) is 5.02 Å². The topological polar surface area (TPSA) is 53.4 Å². The van der Waals surface area contributed by atoms with Gasteiger partial charge < -0.3 is 10.0 Å². The second-order valence-corrected chi connectivity index (χ2v) is 5.68. The molecule has 0 radical (unpaired) electrons. The van der Waals surface area contributed by atoms with Gasteiger partial charge in [-0.15, -0.1) is 0 Å². The summed E-state index contributed by atoms with van der Waals surface area (Å²) in [4.78, 5) is 18.1. The van der Waals surface area contributed by atoms with E-state index in [-0.39, 0.29) is 29.3 Å².